The Hall–Kier alpha value is -0.340. The minimum atomic E-state index is 0.449. The highest BCUT2D eigenvalue weighted by atomic mass is 14.7. The molecule has 2 fully saturated rings. The van der Waals surface area contributed by atoms with Gasteiger partial charge in [0.1, 0.15) is 0 Å². The Morgan fingerprint density at radius 2 is 0.889 bits per heavy atom. The van der Waals surface area contributed by atoms with E-state index < -0.39 is 0 Å². The van der Waals surface area contributed by atoms with Gasteiger partial charge in [0.05, 0.1) is 0 Å². The van der Waals surface area contributed by atoms with Crippen LogP contribution in [0.2, 0.25) is 0 Å². The van der Waals surface area contributed by atoms with Crippen LogP contribution in [0.5, 0.6) is 0 Å². The fourth-order valence-corrected chi connectivity index (χ4v) is 7.05. The molecule has 0 amide bonds. The van der Waals surface area contributed by atoms with E-state index in [0.29, 0.717) is 12.1 Å². The molecule has 0 heterocycles. The van der Waals surface area contributed by atoms with Crippen LogP contribution in [-0.2, 0) is 0 Å². The highest BCUT2D eigenvalue weighted by Crippen LogP contribution is 2.45. The van der Waals surface area contributed by atoms with E-state index in [2.05, 4.69) is 0 Å². The normalized spacial score (nSPS) is 34.0. The zero-order valence-corrected chi connectivity index (χ0v) is 17.6. The molecule has 0 saturated heterocycles. The Morgan fingerprint density at radius 1 is 0.481 bits per heavy atom. The van der Waals surface area contributed by atoms with Gasteiger partial charge in [-0.1, -0.05) is 56.1 Å². The van der Waals surface area contributed by atoms with E-state index in [9.17, 15) is 0 Å². The van der Waals surface area contributed by atoms with Crippen LogP contribution in [0.25, 0.3) is 0 Å². The van der Waals surface area contributed by atoms with E-state index >= 15 is 0 Å². The molecule has 0 aromatic rings. The van der Waals surface area contributed by atoms with Crippen molar-refractivity contribution < 1.29 is 0 Å². The van der Waals surface area contributed by atoms with Crippen LogP contribution in [-0.4, -0.2) is 12.1 Å². The molecule has 0 radical (unpaired) electrons. The quantitative estimate of drug-likeness (QED) is 0.463. The molecule has 0 bridgehead atoms. The lowest BCUT2D eigenvalue weighted by Crippen LogP contribution is -2.42. The maximum absolute atomic E-state index is 6.88. The second-order valence-corrected chi connectivity index (χ2v) is 10.5. The summed E-state index contributed by atoms with van der Waals surface area (Å²) in [5.74, 6) is 3.10. The largest absolute Gasteiger partial charge is 0.327 e. The average Bonchev–Trinajstić information content (AvgIpc) is 3.02. The van der Waals surface area contributed by atoms with Crippen LogP contribution >= 0.6 is 0 Å². The van der Waals surface area contributed by atoms with Crippen LogP contribution in [0.4, 0.5) is 0 Å². The molecule has 2 heteroatoms. The minimum Gasteiger partial charge on any atom is -0.327 e. The van der Waals surface area contributed by atoms with E-state index in [-0.39, 0.29) is 0 Å². The van der Waals surface area contributed by atoms with Gasteiger partial charge in [0.2, 0.25) is 0 Å². The summed E-state index contributed by atoms with van der Waals surface area (Å²) in [6.07, 6.45) is 23.5. The van der Waals surface area contributed by atoms with Gasteiger partial charge < -0.3 is 11.5 Å². The van der Waals surface area contributed by atoms with Crippen molar-refractivity contribution in [3.63, 3.8) is 0 Å². The Morgan fingerprint density at radius 3 is 1.33 bits per heavy atom. The Balaban J connectivity index is 1.35. The van der Waals surface area contributed by atoms with Gasteiger partial charge in [0.25, 0.3) is 0 Å². The maximum atomic E-state index is 6.88. The zero-order valence-electron chi connectivity index (χ0n) is 17.6. The predicted octanol–water partition coefficient (Wildman–Crippen LogP) is 6.09. The molecule has 2 saturated carbocycles. The minimum absolute atomic E-state index is 0.449. The molecule has 4 unspecified atom stereocenters. The van der Waals surface area contributed by atoms with Crippen molar-refractivity contribution >= 4 is 0 Å². The van der Waals surface area contributed by atoms with E-state index in [1.165, 1.54) is 109 Å². The van der Waals surface area contributed by atoms with Crippen molar-refractivity contribution in [2.75, 3.05) is 0 Å². The maximum Gasteiger partial charge on any atom is 0.00988 e. The average molecular weight is 373 g/mol. The monoisotopic (exact) mass is 372 g/mol. The lowest BCUT2D eigenvalue weighted by atomic mass is 9.67. The Labute approximate surface area is 167 Å². The molecule has 27 heavy (non-hydrogen) atoms. The number of hydrogen-bond donors (Lipinski definition) is 2. The fourth-order valence-electron chi connectivity index (χ4n) is 7.05. The highest BCUT2D eigenvalue weighted by molar-refractivity contribution is 5.23. The van der Waals surface area contributed by atoms with Crippen molar-refractivity contribution in [2.45, 2.75) is 121 Å². The molecule has 0 aromatic heterocycles. The van der Waals surface area contributed by atoms with Gasteiger partial charge >= 0.3 is 0 Å². The standard InChI is InChI=1S/C25H44N2/c26-24(19-8-4-1-2-5-9-19)21-14-12-18-13-15-22(17-23(18)16-21)25(27)20-10-6-3-7-11-20/h19-22,24-25H,1-17,26-27H2. The molecule has 4 atom stereocenters. The van der Waals surface area contributed by atoms with Crippen LogP contribution in [0.1, 0.15) is 109 Å². The smallest absolute Gasteiger partial charge is 0.00988 e. The second-order valence-electron chi connectivity index (χ2n) is 10.5. The van der Waals surface area contributed by atoms with Gasteiger partial charge in [-0.3, -0.25) is 0 Å². The van der Waals surface area contributed by atoms with Crippen molar-refractivity contribution in [2.24, 2.45) is 35.1 Å². The summed E-state index contributed by atoms with van der Waals surface area (Å²) in [7, 11) is 0. The molecule has 0 aromatic carbocycles. The molecule has 0 spiro atoms. The molecule has 2 nitrogen and oxygen atoms in total. The molecular weight excluding hydrogens is 328 g/mol. The third-order valence-corrected chi connectivity index (χ3v) is 8.88. The van der Waals surface area contributed by atoms with Crippen LogP contribution < -0.4 is 11.5 Å². The highest BCUT2D eigenvalue weighted by Gasteiger charge is 2.35. The zero-order chi connectivity index (χ0) is 18.6. The lowest BCUT2D eigenvalue weighted by Gasteiger charge is -2.41. The summed E-state index contributed by atoms with van der Waals surface area (Å²) in [4.78, 5) is 0. The topological polar surface area (TPSA) is 52.0 Å². The van der Waals surface area contributed by atoms with Crippen molar-refractivity contribution in [1.29, 1.82) is 0 Å². The van der Waals surface area contributed by atoms with Gasteiger partial charge in [0, 0.05) is 12.1 Å². The van der Waals surface area contributed by atoms with E-state index in [1.54, 1.807) is 5.57 Å². The van der Waals surface area contributed by atoms with Gasteiger partial charge in [-0.15, -0.1) is 0 Å². The fraction of sp³-hybridized carbons (Fsp3) is 0.920. The first-order valence-electron chi connectivity index (χ1n) is 12.4. The van der Waals surface area contributed by atoms with Crippen molar-refractivity contribution in [3.05, 3.63) is 11.1 Å². The van der Waals surface area contributed by atoms with Crippen LogP contribution in [0.15, 0.2) is 11.1 Å². The second kappa shape index (κ2) is 9.44. The number of allylic oxidation sites excluding steroid dienone is 2. The Bertz CT molecular complexity index is 496. The SMILES string of the molecule is NC(C1CCCCCC1)C1CCC2=C(C1)CC(C(N)C1CCCCC1)CC2. The van der Waals surface area contributed by atoms with E-state index in [1.807, 2.05) is 5.57 Å². The summed E-state index contributed by atoms with van der Waals surface area (Å²) in [6, 6.07) is 0.903. The Kier molecular flexibility index (Phi) is 6.98. The molecule has 4 rings (SSSR count). The summed E-state index contributed by atoms with van der Waals surface area (Å²) >= 11 is 0. The summed E-state index contributed by atoms with van der Waals surface area (Å²) in [6.45, 7) is 0. The van der Waals surface area contributed by atoms with Gasteiger partial charge in [-0.25, -0.2) is 0 Å². The number of hydrogen-bond acceptors (Lipinski definition) is 2. The van der Waals surface area contributed by atoms with Crippen molar-refractivity contribution in [3.8, 4) is 0 Å². The molecular formula is C25H44N2. The predicted molar refractivity (Wildman–Crippen MR) is 115 cm³/mol. The van der Waals surface area contributed by atoms with Crippen molar-refractivity contribution in [1.82, 2.24) is 0 Å². The molecule has 4 aliphatic rings. The third kappa shape index (κ3) is 4.81. The third-order valence-electron chi connectivity index (χ3n) is 8.88. The first-order valence-corrected chi connectivity index (χ1v) is 12.4. The van der Waals surface area contributed by atoms with Gasteiger partial charge in [0.15, 0.2) is 0 Å². The summed E-state index contributed by atoms with van der Waals surface area (Å²) in [5, 5.41) is 0. The summed E-state index contributed by atoms with van der Waals surface area (Å²) in [5.41, 5.74) is 17.3. The molecule has 154 valence electrons. The first kappa shape index (κ1) is 20.0. The van der Waals surface area contributed by atoms with Gasteiger partial charge in [-0.05, 0) is 87.9 Å². The number of rotatable bonds is 4. The molecule has 0 aliphatic heterocycles. The number of nitrogens with two attached hydrogens (primary N) is 2. The molecule has 4 aliphatic carbocycles. The molecule has 4 N–H and O–H groups in total. The van der Waals surface area contributed by atoms with E-state index in [0.717, 1.165) is 23.7 Å². The van der Waals surface area contributed by atoms with E-state index in [4.69, 9.17) is 11.5 Å². The van der Waals surface area contributed by atoms with Gasteiger partial charge in [-0.2, -0.15) is 0 Å². The van der Waals surface area contributed by atoms with Crippen LogP contribution in [0, 0.1) is 23.7 Å². The first-order chi connectivity index (χ1) is 13.2. The summed E-state index contributed by atoms with van der Waals surface area (Å²) < 4.78 is 0. The van der Waals surface area contributed by atoms with Crippen LogP contribution in [0.3, 0.4) is 0 Å². The lowest BCUT2D eigenvalue weighted by molar-refractivity contribution is 0.213.